The molecule has 1 aromatic rings. The van der Waals surface area contributed by atoms with Gasteiger partial charge in [0.2, 0.25) is 0 Å². The van der Waals surface area contributed by atoms with Crippen molar-refractivity contribution in [1.82, 2.24) is 4.90 Å². The molecule has 0 atom stereocenters. The normalized spacial score (nSPS) is 15.3. The number of aliphatic carboxylic acids is 1. The van der Waals surface area contributed by atoms with Crippen molar-refractivity contribution in [3.63, 3.8) is 0 Å². The van der Waals surface area contributed by atoms with Crippen molar-refractivity contribution in [2.75, 3.05) is 19.6 Å². The fourth-order valence-electron chi connectivity index (χ4n) is 2.82. The molecule has 1 N–H and O–H groups in total. The lowest BCUT2D eigenvalue weighted by molar-refractivity contribution is -0.136. The first-order valence-corrected chi connectivity index (χ1v) is 9.03. The molecule has 0 aromatic carbocycles. The van der Waals surface area contributed by atoms with Crippen LogP contribution in [0, 0.1) is 0 Å². The van der Waals surface area contributed by atoms with Crippen LogP contribution in [0.1, 0.15) is 59.5 Å². The zero-order valence-electron chi connectivity index (χ0n) is 13.1. The third-order valence-corrected chi connectivity index (χ3v) is 5.28. The number of hydrogen-bond donors (Lipinski definition) is 1. The number of carbonyl (C=O) groups is 2. The van der Waals surface area contributed by atoms with Gasteiger partial charge in [-0.3, -0.25) is 9.59 Å². The summed E-state index contributed by atoms with van der Waals surface area (Å²) in [6.07, 6.45) is 7.41. The van der Waals surface area contributed by atoms with Crippen LogP contribution in [0.4, 0.5) is 0 Å². The third-order valence-electron chi connectivity index (χ3n) is 4.10. The summed E-state index contributed by atoms with van der Waals surface area (Å²) in [7, 11) is 0. The second-order valence-electron chi connectivity index (χ2n) is 5.94. The maximum Gasteiger partial charge on any atom is 0.303 e. The van der Waals surface area contributed by atoms with E-state index in [1.807, 2.05) is 12.1 Å². The Morgan fingerprint density at radius 3 is 2.59 bits per heavy atom. The minimum Gasteiger partial charge on any atom is -0.481 e. The van der Waals surface area contributed by atoms with Crippen LogP contribution in [0.3, 0.4) is 0 Å². The van der Waals surface area contributed by atoms with E-state index in [2.05, 4.69) is 4.90 Å². The highest BCUT2D eigenvalue weighted by Crippen LogP contribution is 2.21. The summed E-state index contributed by atoms with van der Waals surface area (Å²) in [5.74, 6) is -0.962. The average molecular weight is 323 g/mol. The second kappa shape index (κ2) is 9.06. The van der Waals surface area contributed by atoms with E-state index in [1.165, 1.54) is 61.5 Å². The molecule has 1 saturated heterocycles. The van der Waals surface area contributed by atoms with Crippen LogP contribution in [0.15, 0.2) is 12.1 Å². The van der Waals surface area contributed by atoms with Crippen LogP contribution in [0.5, 0.6) is 0 Å². The molecule has 2 heterocycles. The van der Waals surface area contributed by atoms with Crippen LogP contribution < -0.4 is 0 Å². The SMILES string of the molecule is O=C(O)CCC(=O)c1ccc(CCCCCN2CCCC2)s1. The van der Waals surface area contributed by atoms with Gasteiger partial charge in [0.05, 0.1) is 11.3 Å². The van der Waals surface area contributed by atoms with E-state index < -0.39 is 5.97 Å². The Kier molecular flexibility index (Phi) is 7.06. The van der Waals surface area contributed by atoms with Gasteiger partial charge in [-0.25, -0.2) is 0 Å². The lowest BCUT2D eigenvalue weighted by Gasteiger charge is -2.13. The number of carbonyl (C=O) groups excluding carboxylic acids is 1. The molecule has 2 rings (SSSR count). The van der Waals surface area contributed by atoms with Crippen LogP contribution in [0.25, 0.3) is 0 Å². The Bertz CT molecular complexity index is 492. The number of Topliss-reactive ketones (excluding diaryl/α,β-unsaturated/α-hetero) is 1. The molecule has 0 amide bonds. The van der Waals surface area contributed by atoms with Gasteiger partial charge in [-0.2, -0.15) is 0 Å². The van der Waals surface area contributed by atoms with Gasteiger partial charge >= 0.3 is 5.97 Å². The van der Waals surface area contributed by atoms with Crippen LogP contribution >= 0.6 is 11.3 Å². The Labute approximate surface area is 136 Å². The van der Waals surface area contributed by atoms with Crippen molar-refractivity contribution >= 4 is 23.1 Å². The number of ketones is 1. The predicted molar refractivity (Wildman–Crippen MR) is 88.7 cm³/mol. The summed E-state index contributed by atoms with van der Waals surface area (Å²) in [5, 5.41) is 8.61. The van der Waals surface area contributed by atoms with Crippen molar-refractivity contribution in [2.45, 2.75) is 51.4 Å². The Hall–Kier alpha value is -1.20. The number of unbranched alkanes of at least 4 members (excludes halogenated alkanes) is 2. The first-order chi connectivity index (χ1) is 10.6. The van der Waals surface area contributed by atoms with Crippen molar-refractivity contribution < 1.29 is 14.7 Å². The zero-order valence-corrected chi connectivity index (χ0v) is 13.9. The maximum absolute atomic E-state index is 11.8. The van der Waals surface area contributed by atoms with Crippen LogP contribution in [-0.4, -0.2) is 41.4 Å². The molecule has 0 unspecified atom stereocenters. The molecule has 1 aliphatic rings. The smallest absolute Gasteiger partial charge is 0.303 e. The van der Waals surface area contributed by atoms with Gasteiger partial charge in [-0.15, -0.1) is 11.3 Å². The lowest BCUT2D eigenvalue weighted by Crippen LogP contribution is -2.20. The van der Waals surface area contributed by atoms with Gasteiger partial charge in [0.15, 0.2) is 5.78 Å². The number of thiophene rings is 1. The summed E-state index contributed by atoms with van der Waals surface area (Å²) in [6.45, 7) is 3.77. The lowest BCUT2D eigenvalue weighted by atomic mass is 10.1. The largest absolute Gasteiger partial charge is 0.481 e. The Balaban J connectivity index is 1.61. The number of carboxylic acids is 1. The molecular weight excluding hydrogens is 298 g/mol. The van der Waals surface area contributed by atoms with Gasteiger partial charge in [0, 0.05) is 11.3 Å². The standard InChI is InChI=1S/C17H25NO3S/c19-15(8-10-17(20)21)16-9-7-14(22-16)6-2-1-3-11-18-12-4-5-13-18/h7,9H,1-6,8,10-13H2,(H,20,21). The van der Waals surface area contributed by atoms with E-state index in [0.29, 0.717) is 4.88 Å². The minimum atomic E-state index is -0.914. The summed E-state index contributed by atoms with van der Waals surface area (Å²) in [5.41, 5.74) is 0. The van der Waals surface area contributed by atoms with Gasteiger partial charge in [-0.05, 0) is 63.9 Å². The fourth-order valence-corrected chi connectivity index (χ4v) is 3.84. The molecule has 0 spiro atoms. The molecule has 22 heavy (non-hydrogen) atoms. The fraction of sp³-hybridized carbons (Fsp3) is 0.647. The van der Waals surface area contributed by atoms with Crippen molar-refractivity contribution in [1.29, 1.82) is 0 Å². The molecule has 1 aliphatic heterocycles. The van der Waals surface area contributed by atoms with E-state index in [4.69, 9.17) is 5.11 Å². The molecule has 5 heteroatoms. The second-order valence-corrected chi connectivity index (χ2v) is 7.11. The number of hydrogen-bond acceptors (Lipinski definition) is 4. The molecule has 0 radical (unpaired) electrons. The van der Waals surface area contributed by atoms with E-state index in [1.54, 1.807) is 0 Å². The molecule has 122 valence electrons. The van der Waals surface area contributed by atoms with Gasteiger partial charge < -0.3 is 10.0 Å². The summed E-state index contributed by atoms with van der Waals surface area (Å²) < 4.78 is 0. The monoisotopic (exact) mass is 323 g/mol. The van der Waals surface area contributed by atoms with Gasteiger partial charge in [-0.1, -0.05) is 6.42 Å². The zero-order chi connectivity index (χ0) is 15.8. The first-order valence-electron chi connectivity index (χ1n) is 8.21. The maximum atomic E-state index is 11.8. The number of carboxylic acid groups (broad SMARTS) is 1. The quantitative estimate of drug-likeness (QED) is 0.528. The first kappa shape index (κ1) is 17.2. The predicted octanol–water partition coefficient (Wildman–Crippen LogP) is 3.60. The number of likely N-dealkylation sites (tertiary alicyclic amines) is 1. The van der Waals surface area contributed by atoms with Crippen molar-refractivity contribution in [2.24, 2.45) is 0 Å². The number of aryl methyl sites for hydroxylation is 1. The van der Waals surface area contributed by atoms with E-state index in [-0.39, 0.29) is 18.6 Å². The summed E-state index contributed by atoms with van der Waals surface area (Å²) in [6, 6.07) is 3.85. The molecular formula is C17H25NO3S. The molecule has 0 aliphatic carbocycles. The topological polar surface area (TPSA) is 57.6 Å². The van der Waals surface area contributed by atoms with Crippen molar-refractivity contribution in [3.05, 3.63) is 21.9 Å². The molecule has 0 bridgehead atoms. The molecule has 1 fully saturated rings. The van der Waals surface area contributed by atoms with Gasteiger partial charge in [0.25, 0.3) is 0 Å². The van der Waals surface area contributed by atoms with E-state index in [0.717, 1.165) is 12.8 Å². The van der Waals surface area contributed by atoms with Gasteiger partial charge in [0.1, 0.15) is 0 Å². The van der Waals surface area contributed by atoms with Crippen molar-refractivity contribution in [3.8, 4) is 0 Å². The van der Waals surface area contributed by atoms with Crippen LogP contribution in [0.2, 0.25) is 0 Å². The highest BCUT2D eigenvalue weighted by molar-refractivity contribution is 7.14. The number of nitrogens with zero attached hydrogens (tertiary/aromatic N) is 1. The molecule has 4 nitrogen and oxygen atoms in total. The summed E-state index contributed by atoms with van der Waals surface area (Å²) >= 11 is 1.52. The minimum absolute atomic E-state index is 0.0484. The van der Waals surface area contributed by atoms with Crippen LogP contribution in [-0.2, 0) is 11.2 Å². The highest BCUT2D eigenvalue weighted by Gasteiger charge is 2.12. The Morgan fingerprint density at radius 2 is 1.86 bits per heavy atom. The average Bonchev–Trinajstić information content (AvgIpc) is 3.15. The van der Waals surface area contributed by atoms with E-state index >= 15 is 0 Å². The molecule has 0 saturated carbocycles. The Morgan fingerprint density at radius 1 is 1.09 bits per heavy atom. The molecule has 1 aromatic heterocycles. The highest BCUT2D eigenvalue weighted by atomic mass is 32.1. The third kappa shape index (κ3) is 5.89. The summed E-state index contributed by atoms with van der Waals surface area (Å²) in [4.78, 5) is 26.8. The van der Waals surface area contributed by atoms with E-state index in [9.17, 15) is 9.59 Å². The number of rotatable bonds is 10.